The summed E-state index contributed by atoms with van der Waals surface area (Å²) in [5.41, 5.74) is -2.03. The van der Waals surface area contributed by atoms with E-state index in [0.717, 1.165) is 0 Å². The van der Waals surface area contributed by atoms with Gasteiger partial charge in [0.15, 0.2) is 9.04 Å². The Morgan fingerprint density at radius 3 is 2.06 bits per heavy atom. The molecule has 1 fully saturated rings. The summed E-state index contributed by atoms with van der Waals surface area (Å²) in [7, 11) is -1.57. The quantitative estimate of drug-likeness (QED) is 0.370. The van der Waals surface area contributed by atoms with E-state index in [4.69, 9.17) is 13.9 Å². The van der Waals surface area contributed by atoms with Crippen molar-refractivity contribution >= 4 is 21.2 Å². The Morgan fingerprint density at radius 1 is 1.09 bits per heavy atom. The topological polar surface area (TPSA) is 77.1 Å². The van der Waals surface area contributed by atoms with Gasteiger partial charge in [0.25, 0.3) is 0 Å². The SMILES string of the molecule is C=CC(CCNC(=O)OC(C)(C)C)[C@@]1(O[SiH](C)C)C[C@H](C(C)(C)C)CN1C(=O)OC(C)(C)C. The van der Waals surface area contributed by atoms with Gasteiger partial charge in [-0.15, -0.1) is 6.58 Å². The average molecular weight is 485 g/mol. The fraction of sp³-hybridized carbons (Fsp3) is 0.840. The normalized spacial score (nSPS) is 22.8. The van der Waals surface area contributed by atoms with E-state index in [1.807, 2.05) is 47.6 Å². The molecule has 0 aliphatic carbocycles. The maximum atomic E-state index is 13.4. The Kier molecular flexibility index (Phi) is 9.65. The van der Waals surface area contributed by atoms with Crippen molar-refractivity contribution in [2.45, 2.75) is 105 Å². The first kappa shape index (κ1) is 29.5. The molecule has 7 nitrogen and oxygen atoms in total. The Balaban J connectivity index is 3.25. The van der Waals surface area contributed by atoms with Crippen molar-refractivity contribution in [2.75, 3.05) is 13.1 Å². The first-order valence-electron chi connectivity index (χ1n) is 12.1. The Morgan fingerprint density at radius 2 is 1.64 bits per heavy atom. The molecule has 1 N–H and O–H groups in total. The number of nitrogens with zero attached hydrogens (tertiary/aromatic N) is 1. The molecule has 0 radical (unpaired) electrons. The zero-order valence-electron chi connectivity index (χ0n) is 22.8. The fourth-order valence-corrected chi connectivity index (χ4v) is 5.37. The van der Waals surface area contributed by atoms with Crippen LogP contribution in [0.4, 0.5) is 9.59 Å². The number of amides is 2. The summed E-state index contributed by atoms with van der Waals surface area (Å²) < 4.78 is 17.9. The van der Waals surface area contributed by atoms with Crippen molar-refractivity contribution in [3.63, 3.8) is 0 Å². The maximum absolute atomic E-state index is 13.4. The highest BCUT2D eigenvalue weighted by Gasteiger charge is 2.56. The molecule has 2 amide bonds. The van der Waals surface area contributed by atoms with Gasteiger partial charge in [0.1, 0.15) is 16.9 Å². The molecule has 1 aliphatic rings. The minimum atomic E-state index is -1.57. The van der Waals surface area contributed by atoms with Gasteiger partial charge >= 0.3 is 12.2 Å². The van der Waals surface area contributed by atoms with Crippen molar-refractivity contribution in [3.8, 4) is 0 Å². The standard InChI is InChI=1S/C25H48N2O5Si/c1-13-18(14-15-26-20(28)30-23(5,6)7)25(32-33(11)12)16-19(22(2,3)4)17-27(25)21(29)31-24(8,9)10/h13,18-19,33H,1,14-17H2,2-12H3,(H,26,28)/t18?,19-,25-/m0/s1. The summed E-state index contributed by atoms with van der Waals surface area (Å²) in [4.78, 5) is 27.3. The van der Waals surface area contributed by atoms with E-state index in [1.54, 1.807) is 4.90 Å². The molecule has 3 atom stereocenters. The van der Waals surface area contributed by atoms with Gasteiger partial charge in [0.05, 0.1) is 0 Å². The van der Waals surface area contributed by atoms with E-state index in [2.05, 4.69) is 45.8 Å². The molecule has 0 saturated carbocycles. The van der Waals surface area contributed by atoms with Crippen LogP contribution in [0.1, 0.15) is 75.2 Å². The number of rotatable bonds is 7. The van der Waals surface area contributed by atoms with Crippen LogP contribution in [-0.2, 0) is 13.9 Å². The van der Waals surface area contributed by atoms with Crippen LogP contribution in [0.25, 0.3) is 0 Å². The summed E-state index contributed by atoms with van der Waals surface area (Å²) in [6.07, 6.45) is 2.30. The van der Waals surface area contributed by atoms with Gasteiger partial charge in [-0.2, -0.15) is 0 Å². The molecule has 33 heavy (non-hydrogen) atoms. The number of nitrogens with one attached hydrogen (secondary N) is 1. The lowest BCUT2D eigenvalue weighted by Gasteiger charge is -2.45. The summed E-state index contributed by atoms with van der Waals surface area (Å²) in [6.45, 7) is 27.0. The molecule has 0 aromatic heterocycles. The zero-order valence-corrected chi connectivity index (χ0v) is 24.0. The van der Waals surface area contributed by atoms with Gasteiger partial charge in [0.2, 0.25) is 0 Å². The lowest BCUT2D eigenvalue weighted by atomic mass is 9.77. The monoisotopic (exact) mass is 484 g/mol. The lowest BCUT2D eigenvalue weighted by molar-refractivity contribution is -0.0948. The smallest absolute Gasteiger partial charge is 0.412 e. The van der Waals surface area contributed by atoms with Gasteiger partial charge in [-0.25, -0.2) is 9.59 Å². The van der Waals surface area contributed by atoms with Crippen LogP contribution in [0, 0.1) is 17.3 Å². The highest BCUT2D eigenvalue weighted by molar-refractivity contribution is 6.48. The first-order valence-corrected chi connectivity index (χ1v) is 14.9. The summed E-state index contributed by atoms with van der Waals surface area (Å²) in [5.74, 6) is 0.0567. The predicted molar refractivity (Wildman–Crippen MR) is 136 cm³/mol. The molecule has 0 spiro atoms. The van der Waals surface area contributed by atoms with Crippen molar-refractivity contribution in [2.24, 2.45) is 17.3 Å². The molecule has 0 aromatic rings. The van der Waals surface area contributed by atoms with E-state index in [9.17, 15) is 9.59 Å². The largest absolute Gasteiger partial charge is 0.444 e. The van der Waals surface area contributed by atoms with Gasteiger partial charge in [0, 0.05) is 25.4 Å². The van der Waals surface area contributed by atoms with Crippen molar-refractivity contribution in [1.82, 2.24) is 10.2 Å². The van der Waals surface area contributed by atoms with Crippen LogP contribution in [0.15, 0.2) is 12.7 Å². The summed E-state index contributed by atoms with van der Waals surface area (Å²) in [5, 5.41) is 2.83. The van der Waals surface area contributed by atoms with Gasteiger partial charge in [-0.05, 0) is 72.4 Å². The number of hydrogen-bond donors (Lipinski definition) is 1. The lowest BCUT2D eigenvalue weighted by Crippen LogP contribution is -2.57. The highest BCUT2D eigenvalue weighted by atomic mass is 28.3. The highest BCUT2D eigenvalue weighted by Crippen LogP contribution is 2.48. The van der Waals surface area contributed by atoms with Crippen LogP contribution < -0.4 is 5.32 Å². The van der Waals surface area contributed by atoms with E-state index >= 15 is 0 Å². The second-order valence-corrected chi connectivity index (χ2v) is 14.8. The zero-order chi connectivity index (χ0) is 25.8. The summed E-state index contributed by atoms with van der Waals surface area (Å²) >= 11 is 0. The second-order valence-electron chi connectivity index (χ2n) is 12.4. The molecular weight excluding hydrogens is 436 g/mol. The molecule has 1 rings (SSSR count). The molecule has 0 aromatic carbocycles. The number of carbonyl (C=O) groups is 2. The summed E-state index contributed by atoms with van der Waals surface area (Å²) in [6, 6.07) is 0. The number of alkyl carbamates (subject to hydrolysis) is 1. The molecule has 1 saturated heterocycles. The average Bonchev–Trinajstić information content (AvgIpc) is 2.95. The molecule has 0 bridgehead atoms. The molecule has 8 heteroatoms. The van der Waals surface area contributed by atoms with Crippen molar-refractivity contribution in [1.29, 1.82) is 0 Å². The molecule has 192 valence electrons. The molecule has 1 aliphatic heterocycles. The van der Waals surface area contributed by atoms with E-state index in [0.29, 0.717) is 25.9 Å². The van der Waals surface area contributed by atoms with Gasteiger partial charge in [-0.3, -0.25) is 4.90 Å². The predicted octanol–water partition coefficient (Wildman–Crippen LogP) is 5.70. The number of likely N-dealkylation sites (tertiary alicyclic amines) is 1. The van der Waals surface area contributed by atoms with Crippen LogP contribution in [-0.4, -0.2) is 56.1 Å². The Hall–Kier alpha value is -1.54. The van der Waals surface area contributed by atoms with Crippen molar-refractivity contribution < 1.29 is 23.5 Å². The Labute approximate surface area is 203 Å². The minimum absolute atomic E-state index is 0.00953. The molecular formula is C25H48N2O5Si. The molecule has 1 unspecified atom stereocenters. The third-order valence-electron chi connectivity index (χ3n) is 5.66. The van der Waals surface area contributed by atoms with E-state index in [1.165, 1.54) is 0 Å². The van der Waals surface area contributed by atoms with Crippen LogP contribution in [0.5, 0.6) is 0 Å². The molecule has 1 heterocycles. The number of carbonyl (C=O) groups excluding carboxylic acids is 2. The van der Waals surface area contributed by atoms with Crippen LogP contribution >= 0.6 is 0 Å². The third-order valence-corrected chi connectivity index (χ3v) is 6.54. The minimum Gasteiger partial charge on any atom is -0.444 e. The first-order chi connectivity index (χ1) is 14.8. The Bertz CT molecular complexity index is 690. The second kappa shape index (κ2) is 10.8. The number of hydrogen-bond acceptors (Lipinski definition) is 5. The van der Waals surface area contributed by atoms with Crippen LogP contribution in [0.2, 0.25) is 13.1 Å². The van der Waals surface area contributed by atoms with Gasteiger partial charge < -0.3 is 19.2 Å². The van der Waals surface area contributed by atoms with Crippen molar-refractivity contribution in [3.05, 3.63) is 12.7 Å². The van der Waals surface area contributed by atoms with E-state index in [-0.39, 0.29) is 23.3 Å². The fourth-order valence-electron chi connectivity index (χ4n) is 4.16. The number of ether oxygens (including phenoxy) is 2. The third kappa shape index (κ3) is 8.96. The van der Waals surface area contributed by atoms with Crippen LogP contribution in [0.3, 0.4) is 0 Å². The maximum Gasteiger partial charge on any atom is 0.412 e. The van der Waals surface area contributed by atoms with E-state index < -0.39 is 32.1 Å². The van der Waals surface area contributed by atoms with Gasteiger partial charge in [-0.1, -0.05) is 26.8 Å².